The molecule has 1 saturated heterocycles. The number of hydrogen-bond acceptors (Lipinski definition) is 11. The highest BCUT2D eigenvalue weighted by Crippen LogP contribution is 2.37. The van der Waals surface area contributed by atoms with Crippen molar-refractivity contribution in [2.75, 3.05) is 33.2 Å². The fourth-order valence-corrected chi connectivity index (χ4v) is 4.85. The molecule has 2 aromatic carbocycles. The normalized spacial score (nSPS) is 18.8. The van der Waals surface area contributed by atoms with E-state index in [1.165, 1.54) is 23.9 Å². The number of hydrogen-bond donors (Lipinski definition) is 1. The van der Waals surface area contributed by atoms with Crippen LogP contribution in [0.3, 0.4) is 0 Å². The molecule has 0 saturated carbocycles. The van der Waals surface area contributed by atoms with Crippen molar-refractivity contribution in [2.24, 2.45) is 0 Å². The van der Waals surface area contributed by atoms with Gasteiger partial charge in [0.05, 0.1) is 20.8 Å². The minimum atomic E-state index is -0.936. The first-order valence-electron chi connectivity index (χ1n) is 12.7. The van der Waals surface area contributed by atoms with Gasteiger partial charge in [0, 0.05) is 23.8 Å². The molecule has 2 N–H and O–H groups in total. The van der Waals surface area contributed by atoms with Crippen molar-refractivity contribution in [1.82, 2.24) is 9.55 Å². The number of carbonyl (C=O) groups excluding carboxylic acids is 2. The Morgan fingerprint density at radius 2 is 1.83 bits per heavy atom. The Labute approximate surface area is 235 Å². The molecule has 2 aliphatic rings. The van der Waals surface area contributed by atoms with Gasteiger partial charge in [0.15, 0.2) is 29.8 Å². The van der Waals surface area contributed by atoms with E-state index >= 15 is 0 Å². The lowest BCUT2D eigenvalue weighted by molar-refractivity contribution is -0.105. The lowest BCUT2D eigenvalue weighted by Crippen LogP contribution is -2.29. The number of anilines is 1. The maximum Gasteiger partial charge on any atom is 0.514 e. The average molecular weight is 564 g/mol. The van der Waals surface area contributed by atoms with E-state index < -0.39 is 24.4 Å². The highest BCUT2D eigenvalue weighted by atomic mass is 16.8. The number of carbonyl (C=O) groups is 2. The van der Waals surface area contributed by atoms with Crippen LogP contribution < -0.4 is 25.6 Å². The number of ether oxygens (including phenoxy) is 6. The van der Waals surface area contributed by atoms with Crippen LogP contribution in [0.1, 0.15) is 38.8 Å². The zero-order valence-electron chi connectivity index (χ0n) is 23.0. The molecule has 0 amide bonds. The number of ketones is 1. The van der Waals surface area contributed by atoms with Gasteiger partial charge in [-0.15, -0.1) is 0 Å². The molecule has 3 aromatic rings. The lowest BCUT2D eigenvalue weighted by Gasteiger charge is -2.15. The topological polar surface area (TPSA) is 150 Å². The minimum Gasteiger partial charge on any atom is -0.493 e. The van der Waals surface area contributed by atoms with E-state index in [9.17, 15) is 14.4 Å². The molecule has 0 radical (unpaired) electrons. The van der Waals surface area contributed by atoms with E-state index in [0.29, 0.717) is 45.9 Å². The predicted octanol–water partition coefficient (Wildman–Crippen LogP) is 3.37. The Morgan fingerprint density at radius 3 is 2.51 bits per heavy atom. The summed E-state index contributed by atoms with van der Waals surface area (Å²) in [6.45, 7) is 3.42. The van der Waals surface area contributed by atoms with E-state index in [2.05, 4.69) is 4.98 Å². The molecule has 1 fully saturated rings. The number of nitrogens with two attached hydrogens (primary N) is 1. The summed E-state index contributed by atoms with van der Waals surface area (Å²) in [5.41, 5.74) is 9.19. The maximum absolute atomic E-state index is 13.1. The number of allylic oxidation sites excluding steroid dienone is 1. The van der Waals surface area contributed by atoms with Gasteiger partial charge in [-0.1, -0.05) is 0 Å². The molecule has 12 heteroatoms. The molecule has 5 rings (SSSR count). The van der Waals surface area contributed by atoms with E-state index in [4.69, 9.17) is 34.2 Å². The van der Waals surface area contributed by atoms with E-state index in [-0.39, 0.29) is 24.8 Å². The summed E-state index contributed by atoms with van der Waals surface area (Å²) in [5.74, 6) is 1.44. The summed E-state index contributed by atoms with van der Waals surface area (Å²) in [4.78, 5) is 41.2. The molecule has 2 heterocycles. The Hall–Kier alpha value is -4.68. The van der Waals surface area contributed by atoms with Gasteiger partial charge in [-0.25, -0.2) is 9.59 Å². The molecule has 1 aliphatic carbocycles. The molecule has 1 aliphatic heterocycles. The largest absolute Gasteiger partial charge is 0.514 e. The number of rotatable bonds is 7. The Balaban J connectivity index is 1.21. The summed E-state index contributed by atoms with van der Waals surface area (Å²) in [6.07, 6.45) is 1.20. The van der Waals surface area contributed by atoms with Crippen molar-refractivity contribution < 1.29 is 38.0 Å². The summed E-state index contributed by atoms with van der Waals surface area (Å²) in [6, 6.07) is 8.65. The second-order valence-electron chi connectivity index (χ2n) is 9.58. The van der Waals surface area contributed by atoms with Crippen LogP contribution in [-0.4, -0.2) is 55.2 Å². The quantitative estimate of drug-likeness (QED) is 0.256. The number of aromatic nitrogens is 2. The predicted molar refractivity (Wildman–Crippen MR) is 146 cm³/mol. The molecule has 0 unspecified atom stereocenters. The van der Waals surface area contributed by atoms with Crippen molar-refractivity contribution in [3.05, 3.63) is 80.4 Å². The van der Waals surface area contributed by atoms with Crippen molar-refractivity contribution in [1.29, 1.82) is 0 Å². The van der Waals surface area contributed by atoms with Crippen LogP contribution in [0.5, 0.6) is 17.2 Å². The van der Waals surface area contributed by atoms with E-state index in [0.717, 1.165) is 11.1 Å². The summed E-state index contributed by atoms with van der Waals surface area (Å²) >= 11 is 0. The standard InChI is InChI=1S/C29H29N3O9/c1-15-7-17(9-19-10-18-11-21(36-3)22(37-4)12-20(18)26(19)33)8-16(2)27(15)41-29(35)39-14-25-38-13-24(40-25)32-6-5-23(30)31-28(32)34/h5-9,11-12,24-25H,10,13-14H2,1-4H3,(H2,30,31,34)/b19-9+/t24-,25-/m0/s1. The van der Waals surface area contributed by atoms with Crippen molar-refractivity contribution in [3.63, 3.8) is 0 Å². The Kier molecular flexibility index (Phi) is 7.77. The van der Waals surface area contributed by atoms with Gasteiger partial charge >= 0.3 is 11.8 Å². The molecule has 1 aromatic heterocycles. The van der Waals surface area contributed by atoms with Gasteiger partial charge in [-0.2, -0.15) is 4.98 Å². The third kappa shape index (κ3) is 5.79. The molecule has 41 heavy (non-hydrogen) atoms. The first kappa shape index (κ1) is 27.9. The van der Waals surface area contributed by atoms with Crippen LogP contribution in [0.15, 0.2) is 46.9 Å². The molecule has 2 atom stereocenters. The SMILES string of the molecule is COc1cc2c(cc1OC)C(=O)/C(=C/c1cc(C)c(OC(=O)OC[C@H]3OC[C@@H](n4ccc(N)nc4=O)O3)c(C)c1)C2. The van der Waals surface area contributed by atoms with Crippen LogP contribution >= 0.6 is 0 Å². The van der Waals surface area contributed by atoms with Gasteiger partial charge in [0.25, 0.3) is 0 Å². The molecule has 0 bridgehead atoms. The fourth-order valence-electron chi connectivity index (χ4n) is 4.85. The average Bonchev–Trinajstić information content (AvgIpc) is 3.53. The number of nitrogens with zero attached hydrogens (tertiary/aromatic N) is 2. The fraction of sp³-hybridized carbons (Fsp3) is 0.310. The molecule has 0 spiro atoms. The van der Waals surface area contributed by atoms with Crippen molar-refractivity contribution >= 4 is 23.8 Å². The van der Waals surface area contributed by atoms with Crippen LogP contribution in [0.2, 0.25) is 0 Å². The number of nitrogen functional groups attached to an aromatic ring is 1. The molecule has 214 valence electrons. The zero-order chi connectivity index (χ0) is 29.3. The Bertz CT molecular complexity index is 1590. The van der Waals surface area contributed by atoms with Gasteiger partial charge in [-0.05, 0) is 72.5 Å². The summed E-state index contributed by atoms with van der Waals surface area (Å²) < 4.78 is 33.7. The highest BCUT2D eigenvalue weighted by Gasteiger charge is 2.30. The maximum atomic E-state index is 13.1. The molecular formula is C29H29N3O9. The Morgan fingerprint density at radius 1 is 1.12 bits per heavy atom. The minimum absolute atomic E-state index is 0.0679. The van der Waals surface area contributed by atoms with Gasteiger partial charge < -0.3 is 34.2 Å². The van der Waals surface area contributed by atoms with E-state index in [1.54, 1.807) is 27.0 Å². The lowest BCUT2D eigenvalue weighted by atomic mass is 10.0. The smallest absolute Gasteiger partial charge is 0.493 e. The number of aryl methyl sites for hydroxylation is 2. The van der Waals surface area contributed by atoms with Gasteiger partial charge in [0.1, 0.15) is 18.2 Å². The monoisotopic (exact) mass is 563 g/mol. The first-order valence-corrected chi connectivity index (χ1v) is 12.7. The van der Waals surface area contributed by atoms with Gasteiger partial charge in [-0.3, -0.25) is 9.36 Å². The van der Waals surface area contributed by atoms with Crippen LogP contribution in [0.4, 0.5) is 10.6 Å². The van der Waals surface area contributed by atoms with Crippen LogP contribution in [0.25, 0.3) is 6.08 Å². The van der Waals surface area contributed by atoms with E-state index in [1.807, 2.05) is 24.3 Å². The van der Waals surface area contributed by atoms with Crippen molar-refractivity contribution in [3.8, 4) is 17.2 Å². The second kappa shape index (κ2) is 11.4. The summed E-state index contributed by atoms with van der Waals surface area (Å²) in [7, 11) is 3.08. The highest BCUT2D eigenvalue weighted by molar-refractivity contribution is 6.16. The number of methoxy groups -OCH3 is 2. The number of Topliss-reactive ketones (excluding diaryl/α,β-unsaturated/α-hetero) is 1. The number of fused-ring (bicyclic) bond motifs is 1. The van der Waals surface area contributed by atoms with Gasteiger partial charge in [0.2, 0.25) is 0 Å². The zero-order valence-corrected chi connectivity index (χ0v) is 23.0. The second-order valence-corrected chi connectivity index (χ2v) is 9.58. The third-order valence-electron chi connectivity index (χ3n) is 6.77. The third-order valence-corrected chi connectivity index (χ3v) is 6.77. The van der Waals surface area contributed by atoms with Crippen LogP contribution in [-0.2, 0) is 20.6 Å². The molecule has 12 nitrogen and oxygen atoms in total. The first-order chi connectivity index (χ1) is 19.7. The number of benzene rings is 2. The van der Waals surface area contributed by atoms with Crippen molar-refractivity contribution in [2.45, 2.75) is 32.8 Å². The van der Waals surface area contributed by atoms with Crippen LogP contribution in [0, 0.1) is 13.8 Å². The molecular weight excluding hydrogens is 534 g/mol. The summed E-state index contributed by atoms with van der Waals surface area (Å²) in [5, 5.41) is 0.